The maximum atomic E-state index is 12.2. The number of nitrogens with one attached hydrogen (secondary N) is 1. The van der Waals surface area contributed by atoms with E-state index >= 15 is 0 Å². The van der Waals surface area contributed by atoms with Crippen LogP contribution in [0, 0.1) is 0 Å². The normalized spacial score (nSPS) is 16.0. The molecule has 3 aromatic heterocycles. The maximum Gasteiger partial charge on any atom is 0.258 e. The zero-order valence-electron chi connectivity index (χ0n) is 11.4. The predicted molar refractivity (Wildman–Crippen MR) is 79.6 cm³/mol. The van der Waals surface area contributed by atoms with Gasteiger partial charge in [-0.3, -0.25) is 10.1 Å². The fourth-order valence-electron chi connectivity index (χ4n) is 2.15. The van der Waals surface area contributed by atoms with Crippen LogP contribution in [0.1, 0.15) is 35.9 Å². The Morgan fingerprint density at radius 3 is 3.10 bits per heavy atom. The Hall–Kier alpha value is -2.28. The maximum absolute atomic E-state index is 12.2. The number of fused-ring (bicyclic) bond motifs is 1. The number of nitrogens with zero attached hydrogens (tertiary/aromatic N) is 4. The van der Waals surface area contributed by atoms with E-state index in [1.54, 1.807) is 18.5 Å². The van der Waals surface area contributed by atoms with Gasteiger partial charge in [0.15, 0.2) is 5.82 Å². The lowest BCUT2D eigenvalue weighted by Crippen LogP contribution is -2.13. The molecule has 0 aromatic carbocycles. The van der Waals surface area contributed by atoms with E-state index in [9.17, 15) is 4.79 Å². The second kappa shape index (κ2) is 4.36. The number of rotatable bonds is 3. The molecule has 3 aromatic rings. The molecule has 1 amide bonds. The van der Waals surface area contributed by atoms with Gasteiger partial charge in [-0.1, -0.05) is 6.92 Å². The highest BCUT2D eigenvalue weighted by atomic mass is 32.1. The minimum absolute atomic E-state index is 0.120. The third-order valence-corrected chi connectivity index (χ3v) is 4.47. The van der Waals surface area contributed by atoms with Gasteiger partial charge in [0.25, 0.3) is 5.91 Å². The van der Waals surface area contributed by atoms with E-state index in [2.05, 4.69) is 26.6 Å². The second-order valence-corrected chi connectivity index (χ2v) is 6.30. The molecule has 1 saturated carbocycles. The van der Waals surface area contributed by atoms with Gasteiger partial charge in [-0.15, -0.1) is 0 Å². The predicted octanol–water partition coefficient (Wildman–Crippen LogP) is 2.49. The Morgan fingerprint density at radius 2 is 2.29 bits per heavy atom. The summed E-state index contributed by atoms with van der Waals surface area (Å²) in [5, 5.41) is 3.36. The molecule has 1 N–H and O–H groups in total. The summed E-state index contributed by atoms with van der Waals surface area (Å²) in [5.41, 5.74) is 1.50. The first kappa shape index (κ1) is 12.5. The minimum atomic E-state index is -0.186. The third kappa shape index (κ3) is 2.19. The average molecular weight is 299 g/mol. The molecule has 0 spiro atoms. The summed E-state index contributed by atoms with van der Waals surface area (Å²) in [6.45, 7) is 2.15. The number of anilines is 1. The van der Waals surface area contributed by atoms with Gasteiger partial charge in [0.2, 0.25) is 5.13 Å². The molecule has 6 nitrogen and oxygen atoms in total. The van der Waals surface area contributed by atoms with Crippen LogP contribution in [0.3, 0.4) is 0 Å². The number of pyridine rings is 1. The van der Waals surface area contributed by atoms with Crippen LogP contribution in [0.4, 0.5) is 5.13 Å². The standard InChI is InChI=1S/C14H13N5OS/c1-14(4-5-14)12-17-13(21-18-12)16-11(20)9-2-3-10-15-6-7-19(10)8-9/h2-3,6-8H,4-5H2,1H3,(H,16,17,18,20). The van der Waals surface area contributed by atoms with Gasteiger partial charge in [-0.2, -0.15) is 4.37 Å². The van der Waals surface area contributed by atoms with Crippen molar-refractivity contribution in [3.8, 4) is 0 Å². The number of hydrogen-bond donors (Lipinski definition) is 1. The van der Waals surface area contributed by atoms with Crippen molar-refractivity contribution in [3.63, 3.8) is 0 Å². The van der Waals surface area contributed by atoms with Gasteiger partial charge in [0, 0.05) is 35.5 Å². The van der Waals surface area contributed by atoms with E-state index < -0.39 is 0 Å². The number of aromatic nitrogens is 4. The Labute approximate surface area is 125 Å². The Kier molecular flexibility index (Phi) is 2.58. The number of carbonyl (C=O) groups is 1. The van der Waals surface area contributed by atoms with E-state index in [4.69, 9.17) is 0 Å². The monoisotopic (exact) mass is 299 g/mol. The first-order valence-corrected chi connectivity index (χ1v) is 7.50. The van der Waals surface area contributed by atoms with Crippen LogP contribution >= 0.6 is 11.5 Å². The molecule has 3 heterocycles. The SMILES string of the molecule is CC1(c2nsc(NC(=O)c3ccc4nccn4c3)n2)CC1. The molecule has 7 heteroatoms. The van der Waals surface area contributed by atoms with Gasteiger partial charge in [-0.05, 0) is 25.0 Å². The zero-order chi connectivity index (χ0) is 14.4. The van der Waals surface area contributed by atoms with Crippen molar-refractivity contribution in [2.24, 2.45) is 0 Å². The van der Waals surface area contributed by atoms with Crippen LogP contribution in [0.2, 0.25) is 0 Å². The van der Waals surface area contributed by atoms with Crippen molar-refractivity contribution < 1.29 is 4.79 Å². The van der Waals surface area contributed by atoms with E-state index in [0.29, 0.717) is 10.7 Å². The molecule has 1 fully saturated rings. The number of carbonyl (C=O) groups excluding carboxylic acids is 1. The fourth-order valence-corrected chi connectivity index (χ4v) is 2.85. The molecule has 21 heavy (non-hydrogen) atoms. The van der Waals surface area contributed by atoms with E-state index in [0.717, 1.165) is 24.3 Å². The number of hydrogen-bond acceptors (Lipinski definition) is 5. The number of imidazole rings is 1. The van der Waals surface area contributed by atoms with Crippen LogP contribution in [0.15, 0.2) is 30.7 Å². The van der Waals surface area contributed by atoms with Crippen molar-refractivity contribution in [2.75, 3.05) is 5.32 Å². The van der Waals surface area contributed by atoms with E-state index in [1.165, 1.54) is 11.5 Å². The van der Waals surface area contributed by atoms with Gasteiger partial charge in [0.05, 0.1) is 5.56 Å². The van der Waals surface area contributed by atoms with Crippen LogP contribution in [0.25, 0.3) is 5.65 Å². The van der Waals surface area contributed by atoms with Gasteiger partial charge in [-0.25, -0.2) is 9.97 Å². The molecule has 4 rings (SSSR count). The fraction of sp³-hybridized carbons (Fsp3) is 0.286. The van der Waals surface area contributed by atoms with Crippen LogP contribution in [0.5, 0.6) is 0 Å². The first-order chi connectivity index (χ1) is 10.1. The zero-order valence-corrected chi connectivity index (χ0v) is 12.2. The van der Waals surface area contributed by atoms with E-state index in [1.807, 2.05) is 16.7 Å². The minimum Gasteiger partial charge on any atom is -0.306 e. The Balaban J connectivity index is 1.55. The van der Waals surface area contributed by atoms with Crippen LogP contribution in [-0.4, -0.2) is 24.6 Å². The highest BCUT2D eigenvalue weighted by molar-refractivity contribution is 7.09. The summed E-state index contributed by atoms with van der Waals surface area (Å²) in [5.74, 6) is 0.655. The summed E-state index contributed by atoms with van der Waals surface area (Å²) in [7, 11) is 0. The van der Waals surface area contributed by atoms with Gasteiger partial charge in [0.1, 0.15) is 5.65 Å². The lowest BCUT2D eigenvalue weighted by molar-refractivity contribution is 0.102. The molecule has 1 aliphatic carbocycles. The molecule has 0 saturated heterocycles. The first-order valence-electron chi connectivity index (χ1n) is 6.72. The van der Waals surface area contributed by atoms with Crippen LogP contribution in [-0.2, 0) is 5.41 Å². The summed E-state index contributed by atoms with van der Waals surface area (Å²) in [6, 6.07) is 3.56. The topological polar surface area (TPSA) is 72.2 Å². The van der Waals surface area contributed by atoms with E-state index in [-0.39, 0.29) is 11.3 Å². The number of amides is 1. The summed E-state index contributed by atoms with van der Waals surface area (Å²) >= 11 is 1.23. The molecule has 0 atom stereocenters. The Bertz CT molecular complexity index is 833. The quantitative estimate of drug-likeness (QED) is 0.806. The van der Waals surface area contributed by atoms with Crippen molar-refractivity contribution in [2.45, 2.75) is 25.2 Å². The van der Waals surface area contributed by atoms with Crippen molar-refractivity contribution in [1.82, 2.24) is 18.7 Å². The molecule has 0 radical (unpaired) electrons. The second-order valence-electron chi connectivity index (χ2n) is 5.55. The molecule has 0 aliphatic heterocycles. The van der Waals surface area contributed by atoms with Crippen LogP contribution < -0.4 is 5.32 Å². The van der Waals surface area contributed by atoms with Gasteiger partial charge < -0.3 is 4.40 Å². The smallest absolute Gasteiger partial charge is 0.258 e. The molecule has 0 bridgehead atoms. The lowest BCUT2D eigenvalue weighted by Gasteiger charge is -2.02. The highest BCUT2D eigenvalue weighted by Gasteiger charge is 2.42. The highest BCUT2D eigenvalue weighted by Crippen LogP contribution is 2.46. The lowest BCUT2D eigenvalue weighted by atomic mass is 10.1. The Morgan fingerprint density at radius 1 is 1.43 bits per heavy atom. The molecule has 1 aliphatic rings. The summed E-state index contributed by atoms with van der Waals surface area (Å²) in [4.78, 5) is 20.8. The average Bonchev–Trinajstić information content (AvgIpc) is 2.94. The molecule has 0 unspecified atom stereocenters. The third-order valence-electron chi connectivity index (χ3n) is 3.84. The van der Waals surface area contributed by atoms with Gasteiger partial charge >= 0.3 is 0 Å². The molecular weight excluding hydrogens is 286 g/mol. The summed E-state index contributed by atoms with van der Waals surface area (Å²) < 4.78 is 6.15. The van der Waals surface area contributed by atoms with Crippen molar-refractivity contribution >= 4 is 28.2 Å². The van der Waals surface area contributed by atoms with Crippen molar-refractivity contribution in [3.05, 3.63) is 42.1 Å². The van der Waals surface area contributed by atoms with Crippen molar-refractivity contribution in [1.29, 1.82) is 0 Å². The molecular formula is C14H13N5OS. The largest absolute Gasteiger partial charge is 0.306 e. The molecule has 106 valence electrons. The summed E-state index contributed by atoms with van der Waals surface area (Å²) in [6.07, 6.45) is 7.50.